The molecule has 0 saturated heterocycles. The number of hydrogen-bond donors (Lipinski definition) is 2. The SMILES string of the molecule is CC1NCc2cc(C(C)(C)C)ccc2C1CO.Cl. The van der Waals surface area contributed by atoms with Gasteiger partial charge in [0.25, 0.3) is 0 Å². The zero-order valence-corrected chi connectivity index (χ0v) is 12.5. The summed E-state index contributed by atoms with van der Waals surface area (Å²) in [6.45, 7) is 9.97. The van der Waals surface area contributed by atoms with Crippen LogP contribution in [-0.4, -0.2) is 17.8 Å². The summed E-state index contributed by atoms with van der Waals surface area (Å²) in [5.41, 5.74) is 4.21. The molecule has 1 aliphatic heterocycles. The molecule has 0 aromatic heterocycles. The largest absolute Gasteiger partial charge is 0.396 e. The Hall–Kier alpha value is -0.570. The third-order valence-corrected chi connectivity index (χ3v) is 3.82. The Kier molecular flexibility index (Phi) is 4.82. The second-order valence-electron chi connectivity index (χ2n) is 6.12. The lowest BCUT2D eigenvalue weighted by Gasteiger charge is -2.32. The molecular formula is C15H24ClNO. The number of aliphatic hydroxyl groups excluding tert-OH is 1. The number of nitrogens with one attached hydrogen (secondary N) is 1. The summed E-state index contributed by atoms with van der Waals surface area (Å²) in [6, 6.07) is 7.05. The number of aliphatic hydroxyl groups is 1. The highest BCUT2D eigenvalue weighted by molar-refractivity contribution is 5.85. The third kappa shape index (κ3) is 2.87. The summed E-state index contributed by atoms with van der Waals surface area (Å²) in [5.74, 6) is 0.229. The van der Waals surface area contributed by atoms with Gasteiger partial charge >= 0.3 is 0 Å². The molecule has 2 unspecified atom stereocenters. The molecule has 0 amide bonds. The van der Waals surface area contributed by atoms with Gasteiger partial charge in [0.15, 0.2) is 0 Å². The number of halogens is 1. The molecule has 0 fully saturated rings. The summed E-state index contributed by atoms with van der Waals surface area (Å²) in [6.07, 6.45) is 0. The molecule has 1 aromatic carbocycles. The van der Waals surface area contributed by atoms with Gasteiger partial charge in [0.2, 0.25) is 0 Å². The smallest absolute Gasteiger partial charge is 0.0514 e. The Bertz CT molecular complexity index is 411. The Morgan fingerprint density at radius 3 is 2.56 bits per heavy atom. The number of hydrogen-bond acceptors (Lipinski definition) is 2. The minimum atomic E-state index is 0. The summed E-state index contributed by atoms with van der Waals surface area (Å²) < 4.78 is 0. The van der Waals surface area contributed by atoms with Crippen LogP contribution >= 0.6 is 12.4 Å². The number of rotatable bonds is 1. The molecule has 2 atom stereocenters. The Morgan fingerprint density at radius 1 is 1.33 bits per heavy atom. The van der Waals surface area contributed by atoms with Crippen molar-refractivity contribution in [2.24, 2.45) is 0 Å². The molecule has 102 valence electrons. The van der Waals surface area contributed by atoms with Crippen LogP contribution in [0, 0.1) is 0 Å². The molecule has 2 N–H and O–H groups in total. The van der Waals surface area contributed by atoms with Gasteiger partial charge in [-0.3, -0.25) is 0 Å². The van der Waals surface area contributed by atoms with Gasteiger partial charge in [0.05, 0.1) is 6.61 Å². The van der Waals surface area contributed by atoms with Crippen molar-refractivity contribution in [3.63, 3.8) is 0 Å². The second kappa shape index (κ2) is 5.60. The molecule has 0 saturated carbocycles. The van der Waals surface area contributed by atoms with Gasteiger partial charge in [-0.15, -0.1) is 12.4 Å². The van der Waals surface area contributed by atoms with Crippen LogP contribution in [0.4, 0.5) is 0 Å². The molecule has 0 radical (unpaired) electrons. The van der Waals surface area contributed by atoms with Gasteiger partial charge in [0.1, 0.15) is 0 Å². The van der Waals surface area contributed by atoms with Crippen LogP contribution in [0.1, 0.15) is 50.3 Å². The molecule has 0 aliphatic carbocycles. The molecule has 2 rings (SSSR count). The van der Waals surface area contributed by atoms with Gasteiger partial charge in [-0.05, 0) is 29.0 Å². The lowest BCUT2D eigenvalue weighted by Crippen LogP contribution is -2.38. The fourth-order valence-corrected chi connectivity index (χ4v) is 2.53. The Labute approximate surface area is 116 Å². The highest BCUT2D eigenvalue weighted by Gasteiger charge is 2.26. The topological polar surface area (TPSA) is 32.3 Å². The van der Waals surface area contributed by atoms with Crippen LogP contribution in [-0.2, 0) is 12.0 Å². The molecule has 2 nitrogen and oxygen atoms in total. The average molecular weight is 270 g/mol. The maximum atomic E-state index is 9.50. The van der Waals surface area contributed by atoms with Crippen LogP contribution in [0.5, 0.6) is 0 Å². The van der Waals surface area contributed by atoms with Crippen molar-refractivity contribution < 1.29 is 5.11 Å². The van der Waals surface area contributed by atoms with Crippen molar-refractivity contribution in [3.05, 3.63) is 34.9 Å². The lowest BCUT2D eigenvalue weighted by molar-refractivity contribution is 0.232. The summed E-state index contributed by atoms with van der Waals surface area (Å²) in [5, 5.41) is 13.0. The van der Waals surface area contributed by atoms with E-state index in [9.17, 15) is 5.11 Å². The van der Waals surface area contributed by atoms with E-state index in [1.54, 1.807) is 0 Å². The fraction of sp³-hybridized carbons (Fsp3) is 0.600. The third-order valence-electron chi connectivity index (χ3n) is 3.82. The Morgan fingerprint density at radius 2 is 2.00 bits per heavy atom. The zero-order chi connectivity index (χ0) is 12.6. The van der Waals surface area contributed by atoms with E-state index < -0.39 is 0 Å². The van der Waals surface area contributed by atoms with Crippen LogP contribution in [0.25, 0.3) is 0 Å². The monoisotopic (exact) mass is 269 g/mol. The first-order valence-corrected chi connectivity index (χ1v) is 6.41. The molecular weight excluding hydrogens is 246 g/mol. The van der Waals surface area contributed by atoms with Crippen molar-refractivity contribution >= 4 is 12.4 Å². The van der Waals surface area contributed by atoms with Crippen LogP contribution in [0.15, 0.2) is 18.2 Å². The first-order chi connectivity index (χ1) is 7.93. The van der Waals surface area contributed by atoms with Crippen LogP contribution in [0.2, 0.25) is 0 Å². The van der Waals surface area contributed by atoms with E-state index in [-0.39, 0.29) is 30.3 Å². The first kappa shape index (κ1) is 15.5. The van der Waals surface area contributed by atoms with E-state index in [1.807, 2.05) is 0 Å². The highest BCUT2D eigenvalue weighted by Crippen LogP contribution is 2.31. The zero-order valence-electron chi connectivity index (χ0n) is 11.7. The van der Waals surface area contributed by atoms with Crippen molar-refractivity contribution in [1.82, 2.24) is 5.32 Å². The minimum absolute atomic E-state index is 0. The van der Waals surface area contributed by atoms with Gasteiger partial charge in [0, 0.05) is 18.5 Å². The molecule has 0 spiro atoms. The number of benzene rings is 1. The second-order valence-corrected chi connectivity index (χ2v) is 6.12. The van der Waals surface area contributed by atoms with E-state index in [4.69, 9.17) is 0 Å². The van der Waals surface area contributed by atoms with Crippen molar-refractivity contribution in [2.75, 3.05) is 6.61 Å². The van der Waals surface area contributed by atoms with Crippen molar-refractivity contribution in [3.8, 4) is 0 Å². The van der Waals surface area contributed by atoms with E-state index in [0.29, 0.717) is 6.04 Å². The standard InChI is InChI=1S/C15H23NO.ClH/c1-10-14(9-17)13-6-5-12(15(2,3)4)7-11(13)8-16-10;/h5-7,10,14,16-17H,8-9H2,1-4H3;1H. The highest BCUT2D eigenvalue weighted by atomic mass is 35.5. The first-order valence-electron chi connectivity index (χ1n) is 6.41. The predicted octanol–water partition coefficient (Wildman–Crippen LogP) is 2.97. The normalized spacial score (nSPS) is 23.2. The maximum absolute atomic E-state index is 9.50. The lowest BCUT2D eigenvalue weighted by atomic mass is 9.80. The molecule has 0 bridgehead atoms. The van der Waals surface area contributed by atoms with E-state index in [2.05, 4.69) is 51.2 Å². The summed E-state index contributed by atoms with van der Waals surface area (Å²) >= 11 is 0. The molecule has 1 aromatic rings. The average Bonchev–Trinajstić information content (AvgIpc) is 2.27. The molecule has 1 heterocycles. The van der Waals surface area contributed by atoms with Gasteiger partial charge in [-0.25, -0.2) is 0 Å². The predicted molar refractivity (Wildman–Crippen MR) is 78.5 cm³/mol. The number of fused-ring (bicyclic) bond motifs is 1. The molecule has 1 aliphatic rings. The summed E-state index contributed by atoms with van der Waals surface area (Å²) in [7, 11) is 0. The van der Waals surface area contributed by atoms with E-state index in [1.165, 1.54) is 16.7 Å². The van der Waals surface area contributed by atoms with E-state index in [0.717, 1.165) is 6.54 Å². The van der Waals surface area contributed by atoms with Gasteiger partial charge in [-0.2, -0.15) is 0 Å². The van der Waals surface area contributed by atoms with Gasteiger partial charge < -0.3 is 10.4 Å². The minimum Gasteiger partial charge on any atom is -0.396 e. The maximum Gasteiger partial charge on any atom is 0.0514 e. The van der Waals surface area contributed by atoms with Crippen molar-refractivity contribution in [2.45, 2.75) is 51.6 Å². The summed E-state index contributed by atoms with van der Waals surface area (Å²) in [4.78, 5) is 0. The van der Waals surface area contributed by atoms with Crippen molar-refractivity contribution in [1.29, 1.82) is 0 Å². The van der Waals surface area contributed by atoms with E-state index >= 15 is 0 Å². The van der Waals surface area contributed by atoms with Crippen LogP contribution < -0.4 is 5.32 Å². The fourth-order valence-electron chi connectivity index (χ4n) is 2.53. The molecule has 3 heteroatoms. The van der Waals surface area contributed by atoms with Gasteiger partial charge in [-0.1, -0.05) is 39.0 Å². The molecule has 18 heavy (non-hydrogen) atoms. The Balaban J connectivity index is 0.00000162. The van der Waals surface area contributed by atoms with Crippen LogP contribution in [0.3, 0.4) is 0 Å². The quantitative estimate of drug-likeness (QED) is 0.822.